The fourth-order valence-corrected chi connectivity index (χ4v) is 2.16. The molecule has 6 heteroatoms. The number of carboxylic acid groups (broad SMARTS) is 1. The zero-order valence-electron chi connectivity index (χ0n) is 13.5. The number of unbranched alkanes of at least 4 members (excludes halogenated alkanes) is 2. The minimum absolute atomic E-state index is 0.173. The van der Waals surface area contributed by atoms with Crippen LogP contribution < -0.4 is 5.32 Å². The summed E-state index contributed by atoms with van der Waals surface area (Å²) in [4.78, 5) is 34.5. The number of hydrogen-bond acceptors (Lipinski definition) is 4. The minimum atomic E-state index is -1.01. The highest BCUT2D eigenvalue weighted by atomic mass is 16.5. The van der Waals surface area contributed by atoms with Gasteiger partial charge in [0.2, 0.25) is 5.91 Å². The Hall–Kier alpha value is -2.37. The lowest BCUT2D eigenvalue weighted by atomic mass is 10.0. The van der Waals surface area contributed by atoms with Gasteiger partial charge < -0.3 is 15.2 Å². The third-order valence-corrected chi connectivity index (χ3v) is 3.47. The lowest BCUT2D eigenvalue weighted by Gasteiger charge is -2.16. The van der Waals surface area contributed by atoms with Gasteiger partial charge in [0, 0.05) is 12.8 Å². The summed E-state index contributed by atoms with van der Waals surface area (Å²) in [7, 11) is 1.27. The molecule has 0 aromatic heterocycles. The Kier molecular flexibility index (Phi) is 7.80. The van der Waals surface area contributed by atoms with Crippen LogP contribution in [-0.2, 0) is 20.7 Å². The summed E-state index contributed by atoms with van der Waals surface area (Å²) in [6.07, 6.45) is 3.39. The Morgan fingerprint density at radius 2 is 1.83 bits per heavy atom. The summed E-state index contributed by atoms with van der Waals surface area (Å²) >= 11 is 0. The monoisotopic (exact) mass is 321 g/mol. The molecule has 1 unspecified atom stereocenters. The SMILES string of the molecule is CCCCCC(=O)NC(Cc1ccc(C(=O)O)cc1)C(=O)OC. The summed E-state index contributed by atoms with van der Waals surface area (Å²) in [5.41, 5.74) is 0.922. The molecule has 0 radical (unpaired) electrons. The molecule has 0 saturated heterocycles. The largest absolute Gasteiger partial charge is 0.478 e. The van der Waals surface area contributed by atoms with Crippen molar-refractivity contribution in [1.29, 1.82) is 0 Å². The van der Waals surface area contributed by atoms with Crippen molar-refractivity contribution >= 4 is 17.8 Å². The molecule has 1 aromatic rings. The van der Waals surface area contributed by atoms with Crippen LogP contribution in [-0.4, -0.2) is 36.1 Å². The van der Waals surface area contributed by atoms with Crippen molar-refractivity contribution < 1.29 is 24.2 Å². The van der Waals surface area contributed by atoms with E-state index in [-0.39, 0.29) is 17.9 Å². The molecular formula is C17H23NO5. The Bertz CT molecular complexity index is 538. The summed E-state index contributed by atoms with van der Waals surface area (Å²) in [6.45, 7) is 2.05. The maximum atomic E-state index is 11.9. The molecule has 0 aliphatic heterocycles. The quantitative estimate of drug-likeness (QED) is 0.537. The molecule has 0 spiro atoms. The van der Waals surface area contributed by atoms with E-state index >= 15 is 0 Å². The third kappa shape index (κ3) is 6.50. The third-order valence-electron chi connectivity index (χ3n) is 3.47. The van der Waals surface area contributed by atoms with Gasteiger partial charge in [-0.2, -0.15) is 0 Å². The number of aromatic carboxylic acids is 1. The van der Waals surface area contributed by atoms with Crippen LogP contribution in [0.5, 0.6) is 0 Å². The minimum Gasteiger partial charge on any atom is -0.478 e. The average Bonchev–Trinajstić information content (AvgIpc) is 2.54. The number of nitrogens with one attached hydrogen (secondary N) is 1. The molecule has 1 atom stereocenters. The lowest BCUT2D eigenvalue weighted by molar-refractivity contribution is -0.145. The summed E-state index contributed by atoms with van der Waals surface area (Å²) in [5, 5.41) is 11.6. The highest BCUT2D eigenvalue weighted by Crippen LogP contribution is 2.09. The zero-order valence-corrected chi connectivity index (χ0v) is 13.5. The van der Waals surface area contributed by atoms with Crippen LogP contribution in [0.3, 0.4) is 0 Å². The van der Waals surface area contributed by atoms with Crippen molar-refractivity contribution in [1.82, 2.24) is 5.32 Å². The molecule has 23 heavy (non-hydrogen) atoms. The second-order valence-corrected chi connectivity index (χ2v) is 5.31. The number of carboxylic acids is 1. The van der Waals surface area contributed by atoms with Crippen LogP contribution in [0.15, 0.2) is 24.3 Å². The van der Waals surface area contributed by atoms with E-state index in [1.165, 1.54) is 19.2 Å². The van der Waals surface area contributed by atoms with E-state index in [0.717, 1.165) is 24.8 Å². The van der Waals surface area contributed by atoms with Gasteiger partial charge in [-0.1, -0.05) is 31.9 Å². The number of methoxy groups -OCH3 is 1. The Morgan fingerprint density at radius 1 is 1.17 bits per heavy atom. The van der Waals surface area contributed by atoms with E-state index in [0.29, 0.717) is 6.42 Å². The van der Waals surface area contributed by atoms with Crippen molar-refractivity contribution in [2.24, 2.45) is 0 Å². The molecule has 1 aromatic carbocycles. The zero-order chi connectivity index (χ0) is 17.2. The van der Waals surface area contributed by atoms with Crippen molar-refractivity contribution in [3.05, 3.63) is 35.4 Å². The maximum Gasteiger partial charge on any atom is 0.335 e. The van der Waals surface area contributed by atoms with Gasteiger partial charge in [-0.25, -0.2) is 9.59 Å². The van der Waals surface area contributed by atoms with Crippen molar-refractivity contribution in [2.45, 2.75) is 45.1 Å². The van der Waals surface area contributed by atoms with Gasteiger partial charge in [-0.05, 0) is 24.1 Å². The number of carbonyl (C=O) groups excluding carboxylic acids is 2. The van der Waals surface area contributed by atoms with Gasteiger partial charge in [0.05, 0.1) is 12.7 Å². The van der Waals surface area contributed by atoms with Crippen LogP contribution in [0.2, 0.25) is 0 Å². The van der Waals surface area contributed by atoms with Crippen LogP contribution >= 0.6 is 0 Å². The number of rotatable bonds is 9. The Balaban J connectivity index is 2.69. The first-order valence-electron chi connectivity index (χ1n) is 7.67. The number of hydrogen-bond donors (Lipinski definition) is 2. The molecular weight excluding hydrogens is 298 g/mol. The van der Waals surface area contributed by atoms with Crippen LogP contribution in [0.1, 0.15) is 48.5 Å². The maximum absolute atomic E-state index is 11.9. The van der Waals surface area contributed by atoms with E-state index in [2.05, 4.69) is 12.2 Å². The second-order valence-electron chi connectivity index (χ2n) is 5.31. The topological polar surface area (TPSA) is 92.7 Å². The van der Waals surface area contributed by atoms with Gasteiger partial charge in [0.15, 0.2) is 0 Å². The van der Waals surface area contributed by atoms with Crippen LogP contribution in [0.4, 0.5) is 0 Å². The van der Waals surface area contributed by atoms with Gasteiger partial charge in [0.25, 0.3) is 0 Å². The summed E-state index contributed by atoms with van der Waals surface area (Å²) < 4.78 is 4.73. The summed E-state index contributed by atoms with van der Waals surface area (Å²) in [6, 6.07) is 5.42. The molecule has 2 N–H and O–H groups in total. The fraction of sp³-hybridized carbons (Fsp3) is 0.471. The van der Waals surface area contributed by atoms with E-state index in [1.807, 2.05) is 0 Å². The number of benzene rings is 1. The number of carbonyl (C=O) groups is 3. The van der Waals surface area contributed by atoms with E-state index in [9.17, 15) is 14.4 Å². The Morgan fingerprint density at radius 3 is 2.35 bits per heavy atom. The first-order valence-corrected chi connectivity index (χ1v) is 7.67. The molecule has 0 aliphatic carbocycles. The lowest BCUT2D eigenvalue weighted by Crippen LogP contribution is -2.43. The standard InChI is InChI=1S/C17H23NO5/c1-3-4-5-6-15(19)18-14(17(22)23-2)11-12-7-9-13(10-8-12)16(20)21/h7-10,14H,3-6,11H2,1-2H3,(H,18,19)(H,20,21). The predicted octanol–water partition coefficient (Wildman–Crippen LogP) is 2.17. The first kappa shape index (κ1) is 18.7. The van der Waals surface area contributed by atoms with E-state index in [4.69, 9.17) is 9.84 Å². The molecule has 0 heterocycles. The fourth-order valence-electron chi connectivity index (χ4n) is 2.16. The molecule has 6 nitrogen and oxygen atoms in total. The second kappa shape index (κ2) is 9.61. The highest BCUT2D eigenvalue weighted by Gasteiger charge is 2.21. The first-order chi connectivity index (χ1) is 11.0. The number of amides is 1. The average molecular weight is 321 g/mol. The van der Waals surface area contributed by atoms with Gasteiger partial charge >= 0.3 is 11.9 Å². The van der Waals surface area contributed by atoms with Crippen molar-refractivity contribution in [3.8, 4) is 0 Å². The number of ether oxygens (including phenoxy) is 1. The molecule has 0 fully saturated rings. The van der Waals surface area contributed by atoms with Gasteiger partial charge in [-0.3, -0.25) is 4.79 Å². The summed E-state index contributed by atoms with van der Waals surface area (Å²) in [5.74, 6) is -1.71. The van der Waals surface area contributed by atoms with Gasteiger partial charge in [-0.15, -0.1) is 0 Å². The predicted molar refractivity (Wildman–Crippen MR) is 85.2 cm³/mol. The molecule has 0 bridgehead atoms. The van der Waals surface area contributed by atoms with E-state index in [1.54, 1.807) is 12.1 Å². The van der Waals surface area contributed by atoms with Gasteiger partial charge in [0.1, 0.15) is 6.04 Å². The Labute approximate surface area is 135 Å². The molecule has 0 saturated carbocycles. The highest BCUT2D eigenvalue weighted by molar-refractivity contribution is 5.87. The normalized spacial score (nSPS) is 11.6. The van der Waals surface area contributed by atoms with Crippen molar-refractivity contribution in [2.75, 3.05) is 7.11 Å². The molecule has 1 rings (SSSR count). The smallest absolute Gasteiger partial charge is 0.335 e. The van der Waals surface area contributed by atoms with Crippen LogP contribution in [0, 0.1) is 0 Å². The van der Waals surface area contributed by atoms with E-state index < -0.39 is 18.0 Å². The molecule has 126 valence electrons. The van der Waals surface area contributed by atoms with Crippen molar-refractivity contribution in [3.63, 3.8) is 0 Å². The molecule has 1 amide bonds. The van der Waals surface area contributed by atoms with Crippen LogP contribution in [0.25, 0.3) is 0 Å². The molecule has 0 aliphatic rings. The number of esters is 1.